The second-order valence-electron chi connectivity index (χ2n) is 13.9. The highest BCUT2D eigenvalue weighted by Gasteiger charge is 2.80. The van der Waals surface area contributed by atoms with Gasteiger partial charge in [-0.25, -0.2) is 0 Å². The molecule has 8 rings (SSSR count). The molecule has 5 fully saturated rings. The van der Waals surface area contributed by atoms with E-state index in [0.717, 1.165) is 51.0 Å². The number of hydrogen-bond acceptors (Lipinski definition) is 6. The Kier molecular flexibility index (Phi) is 6.04. The number of phenolic OH excluding ortho intramolecular Hbond substituents is 1. The zero-order valence-corrected chi connectivity index (χ0v) is 24.4. The summed E-state index contributed by atoms with van der Waals surface area (Å²) in [4.78, 5) is 28.2. The number of ether oxygens (including phenoxy) is 2. The van der Waals surface area contributed by atoms with E-state index in [-0.39, 0.29) is 46.3 Å². The Morgan fingerprint density at radius 2 is 2.05 bits per heavy atom. The summed E-state index contributed by atoms with van der Waals surface area (Å²) in [6.45, 7) is 8.24. The molecule has 1 saturated heterocycles. The third-order valence-corrected chi connectivity index (χ3v) is 12.2. The second kappa shape index (κ2) is 9.09. The van der Waals surface area contributed by atoms with Crippen LogP contribution in [0.5, 0.6) is 11.5 Å². The van der Waals surface area contributed by atoms with Crippen molar-refractivity contribution >= 4 is 11.8 Å². The van der Waals surface area contributed by atoms with Crippen LogP contribution in [0.25, 0.3) is 0 Å². The molecule has 0 unspecified atom stereocenters. The third kappa shape index (κ3) is 3.38. The first-order valence-electron chi connectivity index (χ1n) is 15.6. The summed E-state index contributed by atoms with van der Waals surface area (Å²) < 4.78 is 13.4. The summed E-state index contributed by atoms with van der Waals surface area (Å²) >= 11 is 0. The van der Waals surface area contributed by atoms with Gasteiger partial charge < -0.3 is 25.2 Å². The van der Waals surface area contributed by atoms with Crippen LogP contribution in [0.15, 0.2) is 12.1 Å². The van der Waals surface area contributed by atoms with E-state index in [2.05, 4.69) is 21.6 Å². The first-order valence-corrected chi connectivity index (χ1v) is 15.6. The highest BCUT2D eigenvalue weighted by molar-refractivity contribution is 5.87. The molecule has 4 bridgehead atoms. The van der Waals surface area contributed by atoms with E-state index in [4.69, 9.17) is 9.47 Å². The van der Waals surface area contributed by atoms with Gasteiger partial charge in [-0.3, -0.25) is 14.5 Å². The SMILES string of the molecule is CC[C@H](C)[C@H](NC(C)=O)C(=O)NC[C@H]1C[C@@]23CC[C@]1(OC)[C@@H]1Oc4c(O)ccc5c4[C@@]12CCN(CC1CC1)[C@@H]3C5. The molecular weight excluding hydrogens is 506 g/mol. The number of nitrogens with zero attached hydrogens (tertiary/aromatic N) is 1. The normalized spacial score (nSPS) is 38.2. The molecule has 2 heterocycles. The first kappa shape index (κ1) is 26.6. The summed E-state index contributed by atoms with van der Waals surface area (Å²) in [5, 5.41) is 17.1. The predicted molar refractivity (Wildman–Crippen MR) is 150 cm³/mol. The minimum atomic E-state index is -0.557. The fraction of sp³-hybridized carbons (Fsp3) is 0.750. The average Bonchev–Trinajstić information content (AvgIpc) is 3.69. The smallest absolute Gasteiger partial charge is 0.242 e. The highest BCUT2D eigenvalue weighted by Crippen LogP contribution is 2.76. The van der Waals surface area contributed by atoms with Gasteiger partial charge in [0.25, 0.3) is 0 Å². The summed E-state index contributed by atoms with van der Waals surface area (Å²) in [6, 6.07) is 3.83. The Balaban J connectivity index is 1.26. The number of rotatable bonds is 9. The number of hydrogen-bond donors (Lipinski definition) is 3. The van der Waals surface area contributed by atoms with E-state index in [1.807, 2.05) is 19.9 Å². The fourth-order valence-corrected chi connectivity index (χ4v) is 10.0. The molecule has 8 atom stereocenters. The van der Waals surface area contributed by atoms with Crippen LogP contribution < -0.4 is 15.4 Å². The predicted octanol–water partition coefficient (Wildman–Crippen LogP) is 3.28. The topological polar surface area (TPSA) is 100 Å². The van der Waals surface area contributed by atoms with Crippen molar-refractivity contribution in [1.29, 1.82) is 0 Å². The Bertz CT molecular complexity index is 1230. The van der Waals surface area contributed by atoms with Crippen LogP contribution in [-0.4, -0.2) is 72.4 Å². The van der Waals surface area contributed by atoms with Gasteiger partial charge in [0.15, 0.2) is 11.5 Å². The number of nitrogens with one attached hydrogen (secondary N) is 2. The van der Waals surface area contributed by atoms with E-state index in [9.17, 15) is 14.7 Å². The molecule has 2 amide bonds. The van der Waals surface area contributed by atoms with Crippen molar-refractivity contribution in [3.8, 4) is 11.5 Å². The van der Waals surface area contributed by atoms with Gasteiger partial charge in [-0.1, -0.05) is 26.3 Å². The Hall–Kier alpha value is -2.32. The number of phenols is 1. The molecule has 8 nitrogen and oxygen atoms in total. The lowest BCUT2D eigenvalue weighted by molar-refractivity contribution is -0.276. The molecule has 0 radical (unpaired) electrons. The maximum atomic E-state index is 13.5. The Morgan fingerprint density at radius 3 is 2.75 bits per heavy atom. The van der Waals surface area contributed by atoms with Gasteiger partial charge in [-0.15, -0.1) is 0 Å². The number of methoxy groups -OCH3 is 1. The van der Waals surface area contributed by atoms with E-state index < -0.39 is 11.6 Å². The van der Waals surface area contributed by atoms with Crippen molar-refractivity contribution in [2.45, 2.75) is 101 Å². The average molecular weight is 552 g/mol. The number of amides is 2. The Labute approximate surface area is 237 Å². The molecule has 0 aromatic heterocycles. The van der Waals surface area contributed by atoms with E-state index in [0.29, 0.717) is 18.3 Å². The van der Waals surface area contributed by atoms with E-state index in [1.165, 1.54) is 37.4 Å². The lowest BCUT2D eigenvalue weighted by Crippen LogP contribution is -2.81. The Morgan fingerprint density at radius 1 is 1.25 bits per heavy atom. The van der Waals surface area contributed by atoms with Gasteiger partial charge in [0.2, 0.25) is 11.8 Å². The minimum Gasteiger partial charge on any atom is -0.504 e. The van der Waals surface area contributed by atoms with Crippen molar-refractivity contribution in [2.75, 3.05) is 26.7 Å². The largest absolute Gasteiger partial charge is 0.504 e. The molecule has 8 heteroatoms. The standard InChI is InChI=1S/C32H45N3O5/c1-5-18(2)26(34-19(3)36)28(38)33-16-22-15-30-10-11-32(22,39-4)29-31(30)12-13-35(17-20-6-7-20)24(30)14-21-8-9-23(37)27(40-29)25(21)31/h8-9,18,20,22,24,26,29,37H,5-7,10-17H2,1-4H3,(H,33,38)(H,34,36)/t18-,22+,24+,26-,29+,30+,31-,32+/m0/s1. The zero-order chi connectivity index (χ0) is 28.0. The molecule has 2 spiro atoms. The molecule has 2 aliphatic heterocycles. The molecule has 7 aliphatic rings. The second-order valence-corrected chi connectivity index (χ2v) is 13.9. The number of aromatic hydroxyl groups is 1. The van der Waals surface area contributed by atoms with Crippen LogP contribution in [0.1, 0.15) is 76.8 Å². The van der Waals surface area contributed by atoms with Gasteiger partial charge >= 0.3 is 0 Å². The van der Waals surface area contributed by atoms with Crippen LogP contribution in [-0.2, 0) is 26.2 Å². The van der Waals surface area contributed by atoms with Crippen molar-refractivity contribution in [2.24, 2.45) is 23.2 Å². The maximum Gasteiger partial charge on any atom is 0.242 e. The summed E-state index contributed by atoms with van der Waals surface area (Å²) in [6.07, 6.45) is 8.23. The summed E-state index contributed by atoms with van der Waals surface area (Å²) in [7, 11) is 1.80. The molecule has 3 N–H and O–H groups in total. The molecule has 1 aromatic rings. The van der Waals surface area contributed by atoms with Crippen LogP contribution in [0.3, 0.4) is 0 Å². The number of piperidine rings is 1. The zero-order valence-electron chi connectivity index (χ0n) is 24.4. The summed E-state index contributed by atoms with van der Waals surface area (Å²) in [5.41, 5.74) is 1.87. The molecule has 5 aliphatic carbocycles. The van der Waals surface area contributed by atoms with E-state index in [1.54, 1.807) is 7.11 Å². The molecule has 40 heavy (non-hydrogen) atoms. The van der Waals surface area contributed by atoms with Crippen molar-refractivity contribution in [3.05, 3.63) is 23.3 Å². The van der Waals surface area contributed by atoms with Crippen molar-refractivity contribution in [1.82, 2.24) is 15.5 Å². The van der Waals surface area contributed by atoms with Crippen LogP contribution in [0.4, 0.5) is 0 Å². The van der Waals surface area contributed by atoms with Gasteiger partial charge in [0.1, 0.15) is 17.7 Å². The van der Waals surface area contributed by atoms with Crippen molar-refractivity contribution < 1.29 is 24.2 Å². The number of likely N-dealkylation sites (tertiary alicyclic amines) is 1. The number of benzene rings is 1. The third-order valence-electron chi connectivity index (χ3n) is 12.2. The number of fused-ring (bicyclic) bond motifs is 2. The number of carbonyl (C=O) groups is 2. The van der Waals surface area contributed by atoms with Crippen LogP contribution in [0.2, 0.25) is 0 Å². The number of carbonyl (C=O) groups excluding carboxylic acids is 2. The van der Waals surface area contributed by atoms with Gasteiger partial charge in [-0.2, -0.15) is 0 Å². The lowest BCUT2D eigenvalue weighted by Gasteiger charge is -2.74. The van der Waals surface area contributed by atoms with Crippen LogP contribution >= 0.6 is 0 Å². The molecule has 1 aromatic carbocycles. The molecule has 218 valence electrons. The maximum absolute atomic E-state index is 13.5. The fourth-order valence-electron chi connectivity index (χ4n) is 10.0. The van der Waals surface area contributed by atoms with Crippen molar-refractivity contribution in [3.63, 3.8) is 0 Å². The van der Waals surface area contributed by atoms with Gasteiger partial charge in [0.05, 0.1) is 0 Å². The quantitative estimate of drug-likeness (QED) is 0.436. The van der Waals surface area contributed by atoms with Crippen LogP contribution in [0, 0.1) is 23.2 Å². The first-order chi connectivity index (χ1) is 19.2. The van der Waals surface area contributed by atoms with Gasteiger partial charge in [0, 0.05) is 55.5 Å². The van der Waals surface area contributed by atoms with Gasteiger partial charge in [-0.05, 0) is 75.0 Å². The molecule has 4 saturated carbocycles. The molecular formula is C32H45N3O5. The monoisotopic (exact) mass is 551 g/mol. The lowest BCUT2D eigenvalue weighted by atomic mass is 9.35. The van der Waals surface area contributed by atoms with E-state index >= 15 is 0 Å². The summed E-state index contributed by atoms with van der Waals surface area (Å²) in [5.74, 6) is 1.53. The minimum absolute atomic E-state index is 0.0142. The highest BCUT2D eigenvalue weighted by atomic mass is 16.6.